The summed E-state index contributed by atoms with van der Waals surface area (Å²) in [6, 6.07) is 8.98. The molecule has 20 heavy (non-hydrogen) atoms. The third kappa shape index (κ3) is 3.81. The van der Waals surface area contributed by atoms with Gasteiger partial charge in [0.25, 0.3) is 0 Å². The van der Waals surface area contributed by atoms with E-state index >= 15 is 0 Å². The largest absolute Gasteiger partial charge is 0.465 e. The van der Waals surface area contributed by atoms with Crippen molar-refractivity contribution in [3.63, 3.8) is 0 Å². The molecule has 0 amide bonds. The first kappa shape index (κ1) is 15.0. The monoisotopic (exact) mass is 277 g/mol. The minimum atomic E-state index is -0.681. The molecule has 1 fully saturated rings. The van der Waals surface area contributed by atoms with Crippen LogP contribution in [0.5, 0.6) is 0 Å². The standard InChI is InChI=1S/C16H23NO3/c1-2-20-15(18)14(13-8-4-3-5-9-13)17-12-16(19)10-6-7-11-16/h3-5,8-9,14,17,19H,2,6-7,10-12H2,1H3. The van der Waals surface area contributed by atoms with E-state index in [1.807, 2.05) is 30.3 Å². The number of rotatable bonds is 6. The van der Waals surface area contributed by atoms with Crippen molar-refractivity contribution in [2.24, 2.45) is 0 Å². The molecule has 0 saturated heterocycles. The molecule has 0 aromatic heterocycles. The Hall–Kier alpha value is -1.39. The summed E-state index contributed by atoms with van der Waals surface area (Å²) >= 11 is 0. The number of aliphatic hydroxyl groups is 1. The Labute approximate surface area is 120 Å². The van der Waals surface area contributed by atoms with Crippen molar-refractivity contribution in [1.82, 2.24) is 5.32 Å². The van der Waals surface area contributed by atoms with E-state index in [4.69, 9.17) is 4.74 Å². The maximum atomic E-state index is 12.1. The van der Waals surface area contributed by atoms with Crippen LogP contribution in [0.2, 0.25) is 0 Å². The van der Waals surface area contributed by atoms with Crippen LogP contribution in [-0.4, -0.2) is 29.8 Å². The van der Waals surface area contributed by atoms with Gasteiger partial charge < -0.3 is 9.84 Å². The number of carbonyl (C=O) groups excluding carboxylic acids is 1. The van der Waals surface area contributed by atoms with Crippen LogP contribution in [0.4, 0.5) is 0 Å². The predicted molar refractivity (Wildman–Crippen MR) is 77.2 cm³/mol. The lowest BCUT2D eigenvalue weighted by Crippen LogP contribution is -2.42. The van der Waals surface area contributed by atoms with Gasteiger partial charge in [0.05, 0.1) is 12.2 Å². The van der Waals surface area contributed by atoms with E-state index < -0.39 is 11.6 Å². The summed E-state index contributed by atoms with van der Waals surface area (Å²) in [5.74, 6) is -0.291. The van der Waals surface area contributed by atoms with E-state index in [1.54, 1.807) is 6.92 Å². The number of esters is 1. The Morgan fingerprint density at radius 3 is 2.60 bits per heavy atom. The highest BCUT2D eigenvalue weighted by Gasteiger charge is 2.33. The van der Waals surface area contributed by atoms with Gasteiger partial charge in [0.2, 0.25) is 0 Å². The van der Waals surface area contributed by atoms with E-state index in [0.29, 0.717) is 13.2 Å². The topological polar surface area (TPSA) is 58.6 Å². The van der Waals surface area contributed by atoms with Gasteiger partial charge in [-0.3, -0.25) is 5.32 Å². The zero-order chi connectivity index (χ0) is 14.4. The molecule has 1 unspecified atom stereocenters. The fourth-order valence-corrected chi connectivity index (χ4v) is 2.71. The van der Waals surface area contributed by atoms with Crippen LogP contribution in [0.15, 0.2) is 30.3 Å². The Morgan fingerprint density at radius 2 is 2.00 bits per heavy atom. The van der Waals surface area contributed by atoms with Crippen LogP contribution in [0.1, 0.15) is 44.2 Å². The molecular formula is C16H23NO3. The van der Waals surface area contributed by atoms with Gasteiger partial charge in [0.15, 0.2) is 0 Å². The Balaban J connectivity index is 2.05. The second-order valence-corrected chi connectivity index (χ2v) is 5.41. The fourth-order valence-electron chi connectivity index (χ4n) is 2.71. The third-order valence-electron chi connectivity index (χ3n) is 3.82. The average molecular weight is 277 g/mol. The molecule has 0 bridgehead atoms. The Kier molecular flexibility index (Phi) is 5.15. The van der Waals surface area contributed by atoms with Gasteiger partial charge in [-0.25, -0.2) is 4.79 Å². The third-order valence-corrected chi connectivity index (χ3v) is 3.82. The van der Waals surface area contributed by atoms with Crippen LogP contribution < -0.4 is 5.32 Å². The molecule has 4 heteroatoms. The number of hydrogen-bond donors (Lipinski definition) is 2. The van der Waals surface area contributed by atoms with Crippen LogP contribution >= 0.6 is 0 Å². The normalized spacial score (nSPS) is 18.7. The Morgan fingerprint density at radius 1 is 1.35 bits per heavy atom. The minimum absolute atomic E-state index is 0.291. The van der Waals surface area contributed by atoms with Crippen LogP contribution in [0.3, 0.4) is 0 Å². The van der Waals surface area contributed by atoms with E-state index in [9.17, 15) is 9.90 Å². The number of carbonyl (C=O) groups is 1. The molecule has 2 N–H and O–H groups in total. The SMILES string of the molecule is CCOC(=O)C(NCC1(O)CCCC1)c1ccccc1. The zero-order valence-electron chi connectivity index (χ0n) is 12.0. The summed E-state index contributed by atoms with van der Waals surface area (Å²) in [7, 11) is 0. The smallest absolute Gasteiger partial charge is 0.327 e. The summed E-state index contributed by atoms with van der Waals surface area (Å²) in [4.78, 5) is 12.1. The fraction of sp³-hybridized carbons (Fsp3) is 0.562. The van der Waals surface area contributed by atoms with E-state index in [-0.39, 0.29) is 5.97 Å². The number of hydrogen-bond acceptors (Lipinski definition) is 4. The molecule has 110 valence electrons. The minimum Gasteiger partial charge on any atom is -0.465 e. The average Bonchev–Trinajstić information content (AvgIpc) is 2.88. The van der Waals surface area contributed by atoms with Crippen LogP contribution in [0.25, 0.3) is 0 Å². The molecule has 4 nitrogen and oxygen atoms in total. The molecule has 1 aromatic rings. The van der Waals surface area contributed by atoms with Crippen molar-refractivity contribution < 1.29 is 14.6 Å². The first-order valence-electron chi connectivity index (χ1n) is 7.32. The molecule has 1 aromatic carbocycles. The highest BCUT2D eigenvalue weighted by Crippen LogP contribution is 2.29. The molecule has 2 rings (SSSR count). The molecule has 0 heterocycles. The maximum absolute atomic E-state index is 12.1. The summed E-state index contributed by atoms with van der Waals surface area (Å²) in [6.07, 6.45) is 3.69. The van der Waals surface area contributed by atoms with Crippen molar-refractivity contribution in [3.05, 3.63) is 35.9 Å². The first-order valence-corrected chi connectivity index (χ1v) is 7.32. The highest BCUT2D eigenvalue weighted by atomic mass is 16.5. The molecule has 0 spiro atoms. The highest BCUT2D eigenvalue weighted by molar-refractivity contribution is 5.77. The van der Waals surface area contributed by atoms with Gasteiger partial charge in [0.1, 0.15) is 6.04 Å². The Bertz CT molecular complexity index is 427. The molecular weight excluding hydrogens is 254 g/mol. The van der Waals surface area contributed by atoms with Gasteiger partial charge in [-0.1, -0.05) is 43.2 Å². The van der Waals surface area contributed by atoms with Crippen molar-refractivity contribution in [1.29, 1.82) is 0 Å². The first-order chi connectivity index (χ1) is 9.64. The number of nitrogens with one attached hydrogen (secondary N) is 1. The summed E-state index contributed by atoms with van der Waals surface area (Å²) < 4.78 is 5.12. The molecule has 0 radical (unpaired) electrons. The van der Waals surface area contributed by atoms with Gasteiger partial charge in [0, 0.05) is 6.54 Å². The lowest BCUT2D eigenvalue weighted by Gasteiger charge is -2.26. The molecule has 1 aliphatic rings. The van der Waals surface area contributed by atoms with Crippen molar-refractivity contribution in [2.45, 2.75) is 44.2 Å². The van der Waals surface area contributed by atoms with Crippen molar-refractivity contribution in [2.75, 3.05) is 13.2 Å². The second-order valence-electron chi connectivity index (χ2n) is 5.41. The quantitative estimate of drug-likeness (QED) is 0.783. The summed E-state index contributed by atoms with van der Waals surface area (Å²) in [5, 5.41) is 13.6. The maximum Gasteiger partial charge on any atom is 0.327 e. The lowest BCUT2D eigenvalue weighted by molar-refractivity contribution is -0.146. The predicted octanol–water partition coefficient (Wildman–Crippen LogP) is 2.19. The van der Waals surface area contributed by atoms with Crippen molar-refractivity contribution >= 4 is 5.97 Å². The number of benzene rings is 1. The van der Waals surface area contributed by atoms with Crippen LogP contribution in [0, 0.1) is 0 Å². The van der Waals surface area contributed by atoms with E-state index in [2.05, 4.69) is 5.32 Å². The van der Waals surface area contributed by atoms with E-state index in [1.165, 1.54) is 0 Å². The lowest BCUT2D eigenvalue weighted by atomic mass is 10.0. The molecule has 1 aliphatic carbocycles. The summed E-state index contributed by atoms with van der Waals surface area (Å²) in [6.45, 7) is 2.57. The molecule has 1 saturated carbocycles. The number of ether oxygens (including phenoxy) is 1. The zero-order valence-corrected chi connectivity index (χ0v) is 12.0. The van der Waals surface area contributed by atoms with E-state index in [0.717, 1.165) is 31.2 Å². The second kappa shape index (κ2) is 6.86. The van der Waals surface area contributed by atoms with Gasteiger partial charge in [-0.15, -0.1) is 0 Å². The summed E-state index contributed by atoms with van der Waals surface area (Å²) in [5.41, 5.74) is 0.187. The van der Waals surface area contributed by atoms with Gasteiger partial charge >= 0.3 is 5.97 Å². The molecule has 1 atom stereocenters. The molecule has 0 aliphatic heterocycles. The van der Waals surface area contributed by atoms with Gasteiger partial charge in [-0.2, -0.15) is 0 Å². The van der Waals surface area contributed by atoms with Crippen molar-refractivity contribution in [3.8, 4) is 0 Å². The van der Waals surface area contributed by atoms with Crippen LogP contribution in [-0.2, 0) is 9.53 Å². The van der Waals surface area contributed by atoms with Gasteiger partial charge in [-0.05, 0) is 25.3 Å².